The van der Waals surface area contributed by atoms with Gasteiger partial charge in [0.1, 0.15) is 5.69 Å². The van der Waals surface area contributed by atoms with E-state index in [4.69, 9.17) is 0 Å². The summed E-state index contributed by atoms with van der Waals surface area (Å²) < 4.78 is 38.7. The van der Waals surface area contributed by atoms with Crippen LogP contribution >= 0.6 is 0 Å². The fraction of sp³-hybridized carbons (Fsp3) is 0.214. The van der Waals surface area contributed by atoms with Gasteiger partial charge >= 0.3 is 6.18 Å². The molecular formula is C28H24F3N3O2. The average molecular weight is 492 g/mol. The maximum atomic E-state index is 12.9. The van der Waals surface area contributed by atoms with Crippen LogP contribution < -0.4 is 10.6 Å². The Balaban J connectivity index is 1.28. The van der Waals surface area contributed by atoms with Crippen molar-refractivity contribution in [2.45, 2.75) is 25.6 Å². The largest absolute Gasteiger partial charge is 0.416 e. The van der Waals surface area contributed by atoms with Crippen molar-refractivity contribution < 1.29 is 22.8 Å². The minimum atomic E-state index is -4.43. The van der Waals surface area contributed by atoms with Crippen LogP contribution in [0.3, 0.4) is 0 Å². The van der Waals surface area contributed by atoms with Gasteiger partial charge in [0, 0.05) is 29.6 Å². The highest BCUT2D eigenvalue weighted by molar-refractivity contribution is 6.03. The van der Waals surface area contributed by atoms with E-state index in [0.717, 1.165) is 47.0 Å². The van der Waals surface area contributed by atoms with Crippen LogP contribution in [0.15, 0.2) is 72.8 Å². The summed E-state index contributed by atoms with van der Waals surface area (Å²) in [6.45, 7) is 0.678. The Bertz CT molecular complexity index is 1420. The molecule has 1 saturated carbocycles. The normalized spacial score (nSPS) is 13.5. The van der Waals surface area contributed by atoms with E-state index in [0.29, 0.717) is 29.3 Å². The Kier molecular flexibility index (Phi) is 6.26. The van der Waals surface area contributed by atoms with E-state index in [1.807, 2.05) is 36.4 Å². The minimum absolute atomic E-state index is 0.0151. The maximum Gasteiger partial charge on any atom is 0.416 e. The predicted octanol–water partition coefficient (Wildman–Crippen LogP) is 5.92. The van der Waals surface area contributed by atoms with Crippen LogP contribution in [0.25, 0.3) is 22.0 Å². The number of fused-ring (bicyclic) bond motifs is 1. The van der Waals surface area contributed by atoms with E-state index < -0.39 is 11.7 Å². The summed E-state index contributed by atoms with van der Waals surface area (Å²) in [4.78, 5) is 28.3. The molecule has 0 saturated heterocycles. The van der Waals surface area contributed by atoms with E-state index in [1.165, 1.54) is 12.1 Å². The Hall–Kier alpha value is -4.07. The van der Waals surface area contributed by atoms with Crippen LogP contribution in [-0.4, -0.2) is 23.3 Å². The van der Waals surface area contributed by atoms with Gasteiger partial charge in [0.15, 0.2) is 0 Å². The van der Waals surface area contributed by atoms with Gasteiger partial charge in [-0.3, -0.25) is 9.59 Å². The number of hydrogen-bond acceptors (Lipinski definition) is 2. The Labute approximate surface area is 205 Å². The molecule has 1 aliphatic rings. The van der Waals surface area contributed by atoms with Gasteiger partial charge in [-0.1, -0.05) is 36.4 Å². The summed E-state index contributed by atoms with van der Waals surface area (Å²) in [5.41, 5.74) is 3.15. The zero-order valence-corrected chi connectivity index (χ0v) is 19.3. The molecule has 0 atom stereocenters. The van der Waals surface area contributed by atoms with Gasteiger partial charge in [0.05, 0.1) is 5.56 Å². The number of carbonyl (C=O) groups excluding carboxylic acids is 2. The first kappa shape index (κ1) is 23.7. The number of aromatic amines is 1. The van der Waals surface area contributed by atoms with E-state index in [-0.39, 0.29) is 18.4 Å². The minimum Gasteiger partial charge on any atom is -0.351 e. The number of benzene rings is 3. The summed E-state index contributed by atoms with van der Waals surface area (Å²) in [6, 6.07) is 19.5. The molecule has 1 heterocycles. The number of hydrogen-bond donors (Lipinski definition) is 3. The molecule has 8 heteroatoms. The Morgan fingerprint density at radius 2 is 1.64 bits per heavy atom. The van der Waals surface area contributed by atoms with Crippen LogP contribution in [0.5, 0.6) is 0 Å². The summed E-state index contributed by atoms with van der Waals surface area (Å²) in [5, 5.41) is 6.53. The molecule has 0 spiro atoms. The molecule has 0 radical (unpaired) electrons. The molecule has 2 amide bonds. The summed E-state index contributed by atoms with van der Waals surface area (Å²) in [6.07, 6.45) is -2.11. The van der Waals surface area contributed by atoms with Crippen molar-refractivity contribution >= 4 is 22.7 Å². The molecule has 36 heavy (non-hydrogen) atoms. The van der Waals surface area contributed by atoms with Crippen LogP contribution in [0.1, 0.15) is 44.8 Å². The lowest BCUT2D eigenvalue weighted by Crippen LogP contribution is -2.25. The zero-order valence-electron chi connectivity index (χ0n) is 19.3. The molecule has 4 aromatic rings. The number of rotatable bonds is 7. The van der Waals surface area contributed by atoms with E-state index in [9.17, 15) is 22.8 Å². The van der Waals surface area contributed by atoms with E-state index >= 15 is 0 Å². The molecule has 1 aliphatic carbocycles. The van der Waals surface area contributed by atoms with E-state index in [2.05, 4.69) is 15.6 Å². The topological polar surface area (TPSA) is 74.0 Å². The second-order valence-corrected chi connectivity index (χ2v) is 9.06. The number of H-pyrrole nitrogens is 1. The SMILES string of the molecule is O=C(NCc1cccc(C(F)(F)F)c1)c1ccc(-c2cccc3[nH]c(C(=O)NCC4CC4)cc23)cc1. The molecule has 0 unspecified atom stereocenters. The quantitative estimate of drug-likeness (QED) is 0.300. The number of alkyl halides is 3. The lowest BCUT2D eigenvalue weighted by molar-refractivity contribution is -0.137. The molecule has 0 bridgehead atoms. The van der Waals surface area contributed by atoms with Crippen molar-refractivity contribution in [3.8, 4) is 11.1 Å². The summed E-state index contributed by atoms with van der Waals surface area (Å²) in [5.74, 6) is 0.0833. The van der Waals surface area contributed by atoms with Crippen LogP contribution in [0.2, 0.25) is 0 Å². The van der Waals surface area contributed by atoms with Crippen molar-refractivity contribution in [1.29, 1.82) is 0 Å². The molecule has 184 valence electrons. The molecule has 5 nitrogen and oxygen atoms in total. The smallest absolute Gasteiger partial charge is 0.351 e. The highest BCUT2D eigenvalue weighted by atomic mass is 19.4. The second-order valence-electron chi connectivity index (χ2n) is 9.06. The molecule has 1 fully saturated rings. The van der Waals surface area contributed by atoms with Gasteiger partial charge in [-0.2, -0.15) is 13.2 Å². The van der Waals surface area contributed by atoms with Gasteiger partial charge in [-0.15, -0.1) is 0 Å². The van der Waals surface area contributed by atoms with Crippen molar-refractivity contribution in [3.63, 3.8) is 0 Å². The first-order valence-corrected chi connectivity index (χ1v) is 11.7. The van der Waals surface area contributed by atoms with Gasteiger partial charge in [-0.05, 0) is 71.8 Å². The third-order valence-electron chi connectivity index (χ3n) is 6.32. The summed E-state index contributed by atoms with van der Waals surface area (Å²) >= 11 is 0. The van der Waals surface area contributed by atoms with Gasteiger partial charge in [-0.25, -0.2) is 0 Å². The van der Waals surface area contributed by atoms with Crippen LogP contribution in [0, 0.1) is 5.92 Å². The van der Waals surface area contributed by atoms with Gasteiger partial charge < -0.3 is 15.6 Å². The maximum absolute atomic E-state index is 12.9. The Morgan fingerprint density at radius 3 is 2.36 bits per heavy atom. The Morgan fingerprint density at radius 1 is 0.889 bits per heavy atom. The number of halogens is 3. The van der Waals surface area contributed by atoms with Crippen molar-refractivity contribution in [2.75, 3.05) is 6.54 Å². The zero-order chi connectivity index (χ0) is 25.3. The summed E-state index contributed by atoms with van der Waals surface area (Å²) in [7, 11) is 0. The monoisotopic (exact) mass is 491 g/mol. The fourth-order valence-corrected chi connectivity index (χ4v) is 4.13. The molecule has 3 aromatic carbocycles. The molecule has 3 N–H and O–H groups in total. The number of carbonyl (C=O) groups is 2. The van der Waals surface area contributed by atoms with Crippen LogP contribution in [0.4, 0.5) is 13.2 Å². The lowest BCUT2D eigenvalue weighted by Gasteiger charge is -2.10. The number of aromatic nitrogens is 1. The van der Waals surface area contributed by atoms with E-state index in [1.54, 1.807) is 12.1 Å². The van der Waals surface area contributed by atoms with Crippen molar-refractivity contribution in [1.82, 2.24) is 15.6 Å². The number of amides is 2. The molecule has 0 aliphatic heterocycles. The van der Waals surface area contributed by atoms with Crippen molar-refractivity contribution in [3.05, 3.63) is 95.2 Å². The fourth-order valence-electron chi connectivity index (χ4n) is 4.13. The van der Waals surface area contributed by atoms with Crippen molar-refractivity contribution in [2.24, 2.45) is 5.92 Å². The highest BCUT2D eigenvalue weighted by Gasteiger charge is 2.30. The predicted molar refractivity (Wildman–Crippen MR) is 131 cm³/mol. The third-order valence-corrected chi connectivity index (χ3v) is 6.32. The first-order chi connectivity index (χ1) is 17.3. The molecule has 1 aromatic heterocycles. The number of nitrogens with one attached hydrogen (secondary N) is 3. The highest BCUT2D eigenvalue weighted by Crippen LogP contribution is 2.31. The first-order valence-electron chi connectivity index (χ1n) is 11.7. The molecule has 5 rings (SSSR count). The van der Waals surface area contributed by atoms with Gasteiger partial charge in [0.25, 0.3) is 11.8 Å². The van der Waals surface area contributed by atoms with Gasteiger partial charge in [0.2, 0.25) is 0 Å². The lowest BCUT2D eigenvalue weighted by atomic mass is 10.00. The van der Waals surface area contributed by atoms with Crippen LogP contribution in [-0.2, 0) is 12.7 Å². The molecular weight excluding hydrogens is 467 g/mol. The third kappa shape index (κ3) is 5.27. The standard InChI is InChI=1S/C28H24F3N3O2/c29-28(30,31)21-4-1-3-18(13-21)16-32-26(35)20-11-9-19(10-12-20)22-5-2-6-24-23(22)14-25(34-24)27(36)33-15-17-7-8-17/h1-6,9-14,17,34H,7-8,15-16H2,(H,32,35)(H,33,36). The second kappa shape index (κ2) is 9.53. The average Bonchev–Trinajstić information content (AvgIpc) is 3.60.